The first-order valence-electron chi connectivity index (χ1n) is 12.2. The average molecular weight is 551 g/mol. The van der Waals surface area contributed by atoms with Crippen LogP contribution in [0.3, 0.4) is 0 Å². The van der Waals surface area contributed by atoms with Gasteiger partial charge in [-0.25, -0.2) is 8.42 Å². The van der Waals surface area contributed by atoms with E-state index in [2.05, 4.69) is 22.0 Å². The maximum absolute atomic E-state index is 12.6. The third kappa shape index (κ3) is 8.02. The number of carbonyl (C=O) groups is 1. The minimum Gasteiger partial charge on any atom is -0.462 e. The number of esters is 1. The van der Waals surface area contributed by atoms with Gasteiger partial charge in [-0.05, 0) is 62.2 Å². The molecule has 0 radical (unpaired) electrons. The summed E-state index contributed by atoms with van der Waals surface area (Å²) in [7, 11) is -1.80. The Balaban J connectivity index is 1.52. The van der Waals surface area contributed by atoms with Gasteiger partial charge >= 0.3 is 5.97 Å². The largest absolute Gasteiger partial charge is 0.462 e. The van der Waals surface area contributed by atoms with Crippen molar-refractivity contribution in [1.29, 1.82) is 0 Å². The summed E-state index contributed by atoms with van der Waals surface area (Å²) < 4.78 is 42.8. The Morgan fingerprint density at radius 2 is 1.73 bits per heavy atom. The van der Waals surface area contributed by atoms with Crippen molar-refractivity contribution in [2.45, 2.75) is 38.3 Å². The predicted molar refractivity (Wildman–Crippen MR) is 145 cm³/mol. The van der Waals surface area contributed by atoms with E-state index >= 15 is 0 Å². The molecule has 1 aromatic heterocycles. The van der Waals surface area contributed by atoms with Crippen molar-refractivity contribution in [2.24, 2.45) is 7.05 Å². The molecule has 8 nitrogen and oxygen atoms in total. The van der Waals surface area contributed by atoms with Crippen molar-refractivity contribution in [3.8, 4) is 0 Å². The first-order chi connectivity index (χ1) is 17.6. The van der Waals surface area contributed by atoms with Crippen molar-refractivity contribution in [1.82, 2.24) is 9.88 Å². The molecule has 202 valence electrons. The van der Waals surface area contributed by atoms with Crippen LogP contribution in [-0.2, 0) is 42.4 Å². The van der Waals surface area contributed by atoms with Gasteiger partial charge in [-0.2, -0.15) is 0 Å². The van der Waals surface area contributed by atoms with E-state index in [1.165, 1.54) is 12.1 Å². The van der Waals surface area contributed by atoms with Gasteiger partial charge in [0.1, 0.15) is 6.61 Å². The Morgan fingerprint density at radius 1 is 1.05 bits per heavy atom. The van der Waals surface area contributed by atoms with Crippen molar-refractivity contribution in [3.05, 3.63) is 64.3 Å². The molecule has 0 unspecified atom stereocenters. The van der Waals surface area contributed by atoms with E-state index in [9.17, 15) is 13.2 Å². The van der Waals surface area contributed by atoms with Crippen LogP contribution in [0.15, 0.2) is 47.4 Å². The summed E-state index contributed by atoms with van der Waals surface area (Å²) in [6.45, 7) is 8.16. The summed E-state index contributed by atoms with van der Waals surface area (Å²) in [5, 5.41) is 5.23. The molecule has 10 heteroatoms. The minimum absolute atomic E-state index is 0.00881. The average Bonchev–Trinajstić information content (AvgIpc) is 3.17. The molecule has 1 N–H and O–H groups in total. The van der Waals surface area contributed by atoms with Crippen LogP contribution in [0.25, 0.3) is 10.9 Å². The van der Waals surface area contributed by atoms with Crippen LogP contribution in [0.1, 0.15) is 36.7 Å². The fraction of sp³-hybridized carbons (Fsp3) is 0.444. The van der Waals surface area contributed by atoms with E-state index in [1.807, 2.05) is 33.9 Å². The molecule has 0 spiro atoms. The fourth-order valence-electron chi connectivity index (χ4n) is 3.94. The number of hydrogen-bond acceptors (Lipinski definition) is 7. The second-order valence-corrected chi connectivity index (χ2v) is 11.2. The van der Waals surface area contributed by atoms with Crippen LogP contribution in [0.4, 0.5) is 0 Å². The lowest BCUT2D eigenvalue weighted by molar-refractivity contribution is -0.142. The van der Waals surface area contributed by atoms with Gasteiger partial charge in [-0.3, -0.25) is 4.79 Å². The number of sulfone groups is 1. The van der Waals surface area contributed by atoms with Crippen LogP contribution < -0.4 is 5.32 Å². The second-order valence-electron chi connectivity index (χ2n) is 8.83. The van der Waals surface area contributed by atoms with Gasteiger partial charge in [0.25, 0.3) is 0 Å². The fourth-order valence-corrected chi connectivity index (χ4v) is 5.38. The molecular formula is C27H35ClN2O6S. The molecule has 1 heterocycles. The van der Waals surface area contributed by atoms with Crippen LogP contribution >= 0.6 is 11.6 Å². The summed E-state index contributed by atoms with van der Waals surface area (Å²) in [6.07, 6.45) is 0. The molecule has 3 rings (SSSR count). The Kier molecular flexibility index (Phi) is 10.5. The second kappa shape index (κ2) is 13.4. The number of hydrogen-bond donors (Lipinski definition) is 1. The molecule has 0 aliphatic heterocycles. The number of aryl methyl sites for hydroxylation is 2. The third-order valence-electron chi connectivity index (χ3n) is 6.06. The van der Waals surface area contributed by atoms with Gasteiger partial charge in [0.2, 0.25) is 0 Å². The van der Waals surface area contributed by atoms with Crippen molar-refractivity contribution < 1.29 is 27.4 Å². The zero-order valence-electron chi connectivity index (χ0n) is 21.8. The van der Waals surface area contributed by atoms with E-state index in [0.29, 0.717) is 26.4 Å². The maximum atomic E-state index is 12.6. The smallest absolute Gasteiger partial charge is 0.321 e. The molecular weight excluding hydrogens is 516 g/mol. The SMILES string of the molecule is CCOCCOCCOC(=O)CS(=O)(=O)c1ccc([C@@H](C)NCc2cc3c(Cl)cc(C)cc3n2C)cc1. The number of halogens is 1. The van der Waals surface area contributed by atoms with Gasteiger partial charge in [-0.15, -0.1) is 0 Å². The number of benzene rings is 2. The molecule has 0 bridgehead atoms. The van der Waals surface area contributed by atoms with E-state index in [-0.39, 0.29) is 24.2 Å². The highest BCUT2D eigenvalue weighted by Crippen LogP contribution is 2.28. The number of nitrogens with zero attached hydrogens (tertiary/aromatic N) is 1. The van der Waals surface area contributed by atoms with Gasteiger partial charge in [0.05, 0.1) is 29.7 Å². The van der Waals surface area contributed by atoms with E-state index in [0.717, 1.165) is 32.7 Å². The zero-order chi connectivity index (χ0) is 27.0. The molecule has 3 aromatic rings. The van der Waals surface area contributed by atoms with Crippen LogP contribution in [0.2, 0.25) is 5.02 Å². The highest BCUT2D eigenvalue weighted by Gasteiger charge is 2.21. The van der Waals surface area contributed by atoms with E-state index in [1.54, 1.807) is 12.1 Å². The molecule has 1 atom stereocenters. The molecule has 0 amide bonds. The maximum Gasteiger partial charge on any atom is 0.321 e. The van der Waals surface area contributed by atoms with E-state index in [4.69, 9.17) is 25.8 Å². The van der Waals surface area contributed by atoms with Gasteiger partial charge in [0.15, 0.2) is 15.6 Å². The number of nitrogens with one attached hydrogen (secondary N) is 1. The number of fused-ring (bicyclic) bond motifs is 1. The lowest BCUT2D eigenvalue weighted by atomic mass is 10.1. The van der Waals surface area contributed by atoms with Gasteiger partial charge < -0.3 is 24.1 Å². The summed E-state index contributed by atoms with van der Waals surface area (Å²) in [6, 6.07) is 12.7. The quantitative estimate of drug-likeness (QED) is 0.235. The number of carbonyl (C=O) groups excluding carboxylic acids is 1. The topological polar surface area (TPSA) is 95.9 Å². The van der Waals surface area contributed by atoms with Crippen LogP contribution in [0.5, 0.6) is 0 Å². The van der Waals surface area contributed by atoms with Gasteiger partial charge in [-0.1, -0.05) is 23.7 Å². The van der Waals surface area contributed by atoms with E-state index < -0.39 is 21.6 Å². The molecule has 2 aromatic carbocycles. The monoisotopic (exact) mass is 550 g/mol. The standard InChI is InChI=1S/C27H35ClN2O6S/c1-5-34-10-11-35-12-13-36-27(31)18-37(32,33)23-8-6-21(7-9-23)20(3)29-17-22-16-24-25(28)14-19(2)15-26(24)30(22)4/h6-9,14-16,20,29H,5,10-13,17-18H2,1-4H3/t20-/m1/s1. The van der Waals surface area contributed by atoms with Gasteiger partial charge in [0, 0.05) is 42.8 Å². The Morgan fingerprint density at radius 3 is 2.43 bits per heavy atom. The normalized spacial score (nSPS) is 12.7. The highest BCUT2D eigenvalue weighted by molar-refractivity contribution is 7.92. The van der Waals surface area contributed by atoms with Crippen LogP contribution in [-0.4, -0.2) is 57.7 Å². The first kappa shape index (κ1) is 29.1. The molecule has 0 aliphatic carbocycles. The summed E-state index contributed by atoms with van der Waals surface area (Å²) in [5.74, 6) is -1.53. The zero-order valence-corrected chi connectivity index (χ0v) is 23.3. The van der Waals surface area contributed by atoms with Crippen molar-refractivity contribution in [3.63, 3.8) is 0 Å². The molecule has 0 saturated heterocycles. The molecule has 0 aliphatic rings. The summed E-state index contributed by atoms with van der Waals surface area (Å²) in [5.41, 5.74) is 4.21. The van der Waals surface area contributed by atoms with Crippen molar-refractivity contribution >= 4 is 38.3 Å². The molecule has 37 heavy (non-hydrogen) atoms. The third-order valence-corrected chi connectivity index (χ3v) is 7.98. The minimum atomic E-state index is -3.81. The molecule has 0 fully saturated rings. The number of aromatic nitrogens is 1. The lowest BCUT2D eigenvalue weighted by Gasteiger charge is -2.15. The number of ether oxygens (including phenoxy) is 3. The summed E-state index contributed by atoms with van der Waals surface area (Å²) >= 11 is 6.42. The predicted octanol–water partition coefficient (Wildman–Crippen LogP) is 4.36. The number of rotatable bonds is 14. The Bertz CT molecular complexity index is 1300. The Hall–Kier alpha value is -2.43. The van der Waals surface area contributed by atoms with Crippen molar-refractivity contribution in [2.75, 3.05) is 38.8 Å². The first-order valence-corrected chi connectivity index (χ1v) is 14.3. The molecule has 0 saturated carbocycles. The van der Waals surface area contributed by atoms with Crippen LogP contribution in [0, 0.1) is 6.92 Å². The Labute approximate surface area is 223 Å². The highest BCUT2D eigenvalue weighted by atomic mass is 35.5. The lowest BCUT2D eigenvalue weighted by Crippen LogP contribution is -2.21. The summed E-state index contributed by atoms with van der Waals surface area (Å²) in [4.78, 5) is 12.1.